The van der Waals surface area contributed by atoms with Crippen LogP contribution in [0, 0.1) is 6.92 Å². The van der Waals surface area contributed by atoms with Crippen molar-refractivity contribution in [3.8, 4) is 5.75 Å². The third kappa shape index (κ3) is 4.57. The first-order valence-corrected chi connectivity index (χ1v) is 10.3. The van der Waals surface area contributed by atoms with Crippen LogP contribution in [-0.2, 0) is 20.1 Å². The highest BCUT2D eigenvalue weighted by Crippen LogP contribution is 2.18. The fraction of sp³-hybridized carbons (Fsp3) is 0.261. The van der Waals surface area contributed by atoms with Crippen LogP contribution in [0.2, 0.25) is 0 Å². The highest BCUT2D eigenvalue weighted by Gasteiger charge is 2.20. The predicted octanol–water partition coefficient (Wildman–Crippen LogP) is 1.78. The number of anilines is 1. The van der Waals surface area contributed by atoms with Crippen molar-refractivity contribution in [1.29, 1.82) is 0 Å². The van der Waals surface area contributed by atoms with Gasteiger partial charge in [0.15, 0.2) is 11.2 Å². The summed E-state index contributed by atoms with van der Waals surface area (Å²) in [5.41, 5.74) is 1.47. The molecule has 32 heavy (non-hydrogen) atoms. The van der Waals surface area contributed by atoms with Gasteiger partial charge >= 0.3 is 5.69 Å². The monoisotopic (exact) mass is 435 g/mol. The summed E-state index contributed by atoms with van der Waals surface area (Å²) in [5.74, 6) is 1.03. The minimum atomic E-state index is -0.914. The van der Waals surface area contributed by atoms with E-state index in [-0.39, 0.29) is 24.3 Å². The number of aryl methyl sites for hydroxylation is 2. The van der Waals surface area contributed by atoms with Crippen LogP contribution in [0.25, 0.3) is 11.2 Å². The highest BCUT2D eigenvalue weighted by atomic mass is 16.5. The van der Waals surface area contributed by atoms with Crippen LogP contribution in [0.4, 0.5) is 5.95 Å². The fourth-order valence-electron chi connectivity index (χ4n) is 3.41. The summed E-state index contributed by atoms with van der Waals surface area (Å²) >= 11 is 0. The molecule has 0 aliphatic carbocycles. The number of imidazole rings is 1. The van der Waals surface area contributed by atoms with Gasteiger partial charge in [-0.25, -0.2) is 4.79 Å². The van der Waals surface area contributed by atoms with E-state index in [0.29, 0.717) is 18.2 Å². The van der Waals surface area contributed by atoms with E-state index in [1.165, 1.54) is 11.6 Å². The van der Waals surface area contributed by atoms with Crippen LogP contribution in [0.3, 0.4) is 0 Å². The number of aliphatic hydroxyl groups excluding tert-OH is 1. The van der Waals surface area contributed by atoms with E-state index in [2.05, 4.69) is 15.3 Å². The van der Waals surface area contributed by atoms with Gasteiger partial charge in [0.1, 0.15) is 18.5 Å². The molecular formula is C23H25N5O4. The molecule has 0 radical (unpaired) electrons. The fourth-order valence-corrected chi connectivity index (χ4v) is 3.41. The topological polar surface area (TPSA) is 114 Å². The van der Waals surface area contributed by atoms with E-state index in [4.69, 9.17) is 4.74 Å². The summed E-state index contributed by atoms with van der Waals surface area (Å²) in [6.07, 6.45) is -0.914. The maximum Gasteiger partial charge on any atom is 0.329 e. The first-order chi connectivity index (χ1) is 15.4. The normalized spacial score (nSPS) is 12.1. The highest BCUT2D eigenvalue weighted by molar-refractivity contribution is 5.74. The van der Waals surface area contributed by atoms with E-state index >= 15 is 0 Å². The molecule has 0 aliphatic heterocycles. The molecule has 166 valence electrons. The number of aromatic amines is 1. The number of benzene rings is 2. The smallest absolute Gasteiger partial charge is 0.329 e. The van der Waals surface area contributed by atoms with Crippen LogP contribution < -0.4 is 21.3 Å². The molecular weight excluding hydrogens is 410 g/mol. The Bertz CT molecular complexity index is 1320. The number of nitrogens with zero attached hydrogens (tertiary/aromatic N) is 3. The van der Waals surface area contributed by atoms with E-state index < -0.39 is 17.4 Å². The molecule has 2 aromatic heterocycles. The second-order valence-corrected chi connectivity index (χ2v) is 7.65. The van der Waals surface area contributed by atoms with Crippen molar-refractivity contribution in [2.24, 2.45) is 7.05 Å². The van der Waals surface area contributed by atoms with Gasteiger partial charge in [0.25, 0.3) is 5.56 Å². The van der Waals surface area contributed by atoms with Gasteiger partial charge in [-0.15, -0.1) is 0 Å². The van der Waals surface area contributed by atoms with Gasteiger partial charge in [-0.2, -0.15) is 4.98 Å². The Labute approximate surface area is 183 Å². The molecule has 0 amide bonds. The average Bonchev–Trinajstić information content (AvgIpc) is 3.15. The van der Waals surface area contributed by atoms with Gasteiger partial charge in [-0.05, 0) is 24.6 Å². The lowest BCUT2D eigenvalue weighted by molar-refractivity contribution is 0.0938. The van der Waals surface area contributed by atoms with Crippen LogP contribution >= 0.6 is 0 Å². The summed E-state index contributed by atoms with van der Waals surface area (Å²) in [4.78, 5) is 31.4. The van der Waals surface area contributed by atoms with Gasteiger partial charge < -0.3 is 19.7 Å². The summed E-state index contributed by atoms with van der Waals surface area (Å²) < 4.78 is 8.54. The molecule has 4 rings (SSSR count). The lowest BCUT2D eigenvalue weighted by Gasteiger charge is -2.16. The SMILES string of the molecule is Cc1ccc(OCC(O)Cn2c(NCc3ccccc3)nc3c2c(=O)[nH]c(=O)n3C)cc1. The lowest BCUT2D eigenvalue weighted by Crippen LogP contribution is -2.31. The van der Waals surface area contributed by atoms with E-state index in [1.54, 1.807) is 4.57 Å². The Hall–Kier alpha value is -3.85. The summed E-state index contributed by atoms with van der Waals surface area (Å²) in [6, 6.07) is 17.2. The summed E-state index contributed by atoms with van der Waals surface area (Å²) in [7, 11) is 1.54. The van der Waals surface area contributed by atoms with Crippen LogP contribution in [0.5, 0.6) is 5.75 Å². The van der Waals surface area contributed by atoms with Gasteiger partial charge in [0, 0.05) is 13.6 Å². The average molecular weight is 435 g/mol. The Kier molecular flexibility index (Phi) is 6.09. The zero-order valence-electron chi connectivity index (χ0n) is 17.9. The van der Waals surface area contributed by atoms with Crippen molar-refractivity contribution in [3.63, 3.8) is 0 Å². The minimum Gasteiger partial charge on any atom is -0.491 e. The number of nitrogens with one attached hydrogen (secondary N) is 2. The van der Waals surface area contributed by atoms with Crippen molar-refractivity contribution in [2.45, 2.75) is 26.1 Å². The second-order valence-electron chi connectivity index (χ2n) is 7.65. The molecule has 0 saturated heterocycles. The number of H-pyrrole nitrogens is 1. The second kappa shape index (κ2) is 9.11. The standard InChI is InChI=1S/C23H25N5O4/c1-15-8-10-18(11-9-15)32-14-17(29)13-28-19-20(27(2)23(31)26-21(19)30)25-22(28)24-12-16-6-4-3-5-7-16/h3-11,17,29H,12-14H2,1-2H3,(H,24,25)(H,26,30,31). The Morgan fingerprint density at radius 2 is 1.84 bits per heavy atom. The van der Waals surface area contributed by atoms with Gasteiger partial charge in [-0.3, -0.25) is 14.3 Å². The molecule has 2 heterocycles. The number of rotatable bonds is 8. The van der Waals surface area contributed by atoms with Crippen LogP contribution in [0.1, 0.15) is 11.1 Å². The number of fused-ring (bicyclic) bond motifs is 1. The van der Waals surface area contributed by atoms with E-state index in [1.807, 2.05) is 61.5 Å². The van der Waals surface area contributed by atoms with E-state index in [9.17, 15) is 14.7 Å². The van der Waals surface area contributed by atoms with E-state index in [0.717, 1.165) is 11.1 Å². The quantitative estimate of drug-likeness (QED) is 0.389. The maximum atomic E-state index is 12.6. The Morgan fingerprint density at radius 3 is 2.56 bits per heavy atom. The molecule has 0 saturated carbocycles. The number of hydrogen-bond donors (Lipinski definition) is 3. The first kappa shape index (κ1) is 21.4. The van der Waals surface area contributed by atoms with Crippen molar-refractivity contribution in [2.75, 3.05) is 11.9 Å². The molecule has 0 spiro atoms. The third-order valence-corrected chi connectivity index (χ3v) is 5.16. The molecule has 3 N–H and O–H groups in total. The lowest BCUT2D eigenvalue weighted by atomic mass is 10.2. The number of hydrogen-bond acceptors (Lipinski definition) is 6. The zero-order chi connectivity index (χ0) is 22.7. The maximum absolute atomic E-state index is 12.6. The Morgan fingerprint density at radius 1 is 1.12 bits per heavy atom. The zero-order valence-corrected chi connectivity index (χ0v) is 17.9. The Balaban J connectivity index is 1.61. The molecule has 1 unspecified atom stereocenters. The summed E-state index contributed by atoms with van der Waals surface area (Å²) in [5, 5.41) is 13.8. The molecule has 1 atom stereocenters. The first-order valence-electron chi connectivity index (χ1n) is 10.3. The number of ether oxygens (including phenoxy) is 1. The molecule has 0 aliphatic rings. The number of aliphatic hydroxyl groups is 1. The predicted molar refractivity (Wildman–Crippen MR) is 122 cm³/mol. The molecule has 2 aromatic carbocycles. The van der Waals surface area contributed by atoms with Crippen molar-refractivity contribution < 1.29 is 9.84 Å². The minimum absolute atomic E-state index is 0.0323. The van der Waals surface area contributed by atoms with Gasteiger partial charge in [0.2, 0.25) is 5.95 Å². The van der Waals surface area contributed by atoms with Crippen LogP contribution in [0.15, 0.2) is 64.2 Å². The largest absolute Gasteiger partial charge is 0.491 e. The van der Waals surface area contributed by atoms with Crippen molar-refractivity contribution in [1.82, 2.24) is 19.1 Å². The molecule has 9 nitrogen and oxygen atoms in total. The molecule has 9 heteroatoms. The molecule has 0 fully saturated rings. The summed E-state index contributed by atoms with van der Waals surface area (Å²) in [6.45, 7) is 2.54. The van der Waals surface area contributed by atoms with Gasteiger partial charge in [0.05, 0.1) is 6.54 Å². The molecule has 4 aromatic rings. The third-order valence-electron chi connectivity index (χ3n) is 5.16. The van der Waals surface area contributed by atoms with Crippen molar-refractivity contribution >= 4 is 17.1 Å². The number of aromatic nitrogens is 4. The molecule has 0 bridgehead atoms. The van der Waals surface area contributed by atoms with Crippen molar-refractivity contribution in [3.05, 3.63) is 86.6 Å². The van der Waals surface area contributed by atoms with Gasteiger partial charge in [-0.1, -0.05) is 48.0 Å². The van der Waals surface area contributed by atoms with Crippen LogP contribution in [-0.4, -0.2) is 36.9 Å².